The van der Waals surface area contributed by atoms with Gasteiger partial charge in [-0.05, 0) is 19.2 Å². The second kappa shape index (κ2) is 3.97. The molecule has 0 saturated carbocycles. The number of nitrogens with zero attached hydrogens (tertiary/aromatic N) is 1. The van der Waals surface area contributed by atoms with Crippen molar-refractivity contribution in [1.29, 1.82) is 0 Å². The fraction of sp³-hybridized carbons (Fsp3) is 0.333. The lowest BCUT2D eigenvalue weighted by atomic mass is 10.2. The van der Waals surface area contributed by atoms with Gasteiger partial charge >= 0.3 is 0 Å². The van der Waals surface area contributed by atoms with Gasteiger partial charge in [0.2, 0.25) is 0 Å². The third kappa shape index (κ3) is 2.13. The lowest BCUT2D eigenvalue weighted by Crippen LogP contribution is -2.08. The van der Waals surface area contributed by atoms with Crippen molar-refractivity contribution < 1.29 is 4.79 Å². The Balaban J connectivity index is 2.88. The number of nitrogens with one attached hydrogen (secondary N) is 1. The summed E-state index contributed by atoms with van der Waals surface area (Å²) in [7, 11) is 1.85. The molecule has 3 heteroatoms. The van der Waals surface area contributed by atoms with Crippen LogP contribution < -0.4 is 5.32 Å². The number of Topliss-reactive ketones (excluding diaryl/α,β-unsaturated/α-hetero) is 1. The molecule has 0 atom stereocenters. The average Bonchev–Trinajstić information content (AvgIpc) is 2.05. The number of carbonyl (C=O) groups excluding carboxylic acids is 1. The van der Waals surface area contributed by atoms with Crippen LogP contribution in [0.15, 0.2) is 18.2 Å². The van der Waals surface area contributed by atoms with E-state index in [0.717, 1.165) is 5.69 Å². The summed E-state index contributed by atoms with van der Waals surface area (Å²) in [5, 5.41) is 2.98. The molecular weight excluding hydrogens is 152 g/mol. The predicted octanol–water partition coefficient (Wildman–Crippen LogP) is 1.00. The number of hydrogen-bond acceptors (Lipinski definition) is 3. The van der Waals surface area contributed by atoms with Crippen LogP contribution in [-0.4, -0.2) is 17.8 Å². The predicted molar refractivity (Wildman–Crippen MR) is 47.0 cm³/mol. The van der Waals surface area contributed by atoms with Gasteiger partial charge in [-0.25, -0.2) is 4.98 Å². The van der Waals surface area contributed by atoms with Crippen LogP contribution in [0.1, 0.15) is 23.1 Å². The molecule has 0 aromatic carbocycles. The van der Waals surface area contributed by atoms with E-state index in [1.54, 1.807) is 6.07 Å². The number of rotatable bonds is 3. The molecule has 0 spiro atoms. The monoisotopic (exact) mass is 164 g/mol. The maximum Gasteiger partial charge on any atom is 0.178 e. The Labute approximate surface area is 71.8 Å². The number of ketones is 1. The molecule has 12 heavy (non-hydrogen) atoms. The minimum Gasteiger partial charge on any atom is -0.314 e. The van der Waals surface area contributed by atoms with Crippen LogP contribution >= 0.6 is 0 Å². The molecule has 1 N–H and O–H groups in total. The molecule has 0 amide bonds. The molecule has 3 nitrogen and oxygen atoms in total. The third-order valence-electron chi connectivity index (χ3n) is 1.53. The average molecular weight is 164 g/mol. The zero-order valence-corrected chi connectivity index (χ0v) is 7.29. The summed E-state index contributed by atoms with van der Waals surface area (Å²) >= 11 is 0. The van der Waals surface area contributed by atoms with Crippen molar-refractivity contribution in [2.45, 2.75) is 13.5 Å². The first-order valence-corrected chi connectivity index (χ1v) is 3.85. The van der Waals surface area contributed by atoms with Gasteiger partial charge < -0.3 is 5.32 Å². The molecule has 0 saturated heterocycles. The van der Waals surface area contributed by atoms with Crippen molar-refractivity contribution in [2.24, 2.45) is 0 Å². The normalized spacial score (nSPS) is 9.83. The highest BCUT2D eigenvalue weighted by atomic mass is 16.1. The summed E-state index contributed by atoms with van der Waals surface area (Å²) in [5.74, 6) is 0.00736. The Morgan fingerprint density at radius 1 is 1.58 bits per heavy atom. The summed E-state index contributed by atoms with van der Waals surface area (Å²) in [5.41, 5.74) is 1.42. The van der Waals surface area contributed by atoms with E-state index >= 15 is 0 Å². The van der Waals surface area contributed by atoms with Crippen molar-refractivity contribution >= 4 is 5.78 Å². The van der Waals surface area contributed by atoms with Gasteiger partial charge in [-0.15, -0.1) is 0 Å². The Bertz CT molecular complexity index is 284. The zero-order valence-electron chi connectivity index (χ0n) is 7.29. The molecule has 1 rings (SSSR count). The number of hydrogen-bond donors (Lipinski definition) is 1. The van der Waals surface area contributed by atoms with E-state index in [9.17, 15) is 4.79 Å². The van der Waals surface area contributed by atoms with Crippen LogP contribution in [0.3, 0.4) is 0 Å². The van der Waals surface area contributed by atoms with Gasteiger partial charge in [0.05, 0.1) is 5.69 Å². The number of pyridine rings is 1. The lowest BCUT2D eigenvalue weighted by Gasteiger charge is -2.00. The van der Waals surface area contributed by atoms with Crippen molar-refractivity contribution in [2.75, 3.05) is 7.05 Å². The van der Waals surface area contributed by atoms with Crippen molar-refractivity contribution in [1.82, 2.24) is 10.3 Å². The molecule has 64 valence electrons. The number of carbonyl (C=O) groups is 1. The second-order valence-electron chi connectivity index (χ2n) is 2.60. The first-order chi connectivity index (χ1) is 5.74. The Morgan fingerprint density at radius 3 is 2.92 bits per heavy atom. The van der Waals surface area contributed by atoms with E-state index in [2.05, 4.69) is 10.3 Å². The van der Waals surface area contributed by atoms with Gasteiger partial charge in [0, 0.05) is 13.5 Å². The molecule has 0 radical (unpaired) electrons. The van der Waals surface area contributed by atoms with E-state index in [4.69, 9.17) is 0 Å². The van der Waals surface area contributed by atoms with Crippen LogP contribution in [0.4, 0.5) is 0 Å². The topological polar surface area (TPSA) is 42.0 Å². The molecule has 1 heterocycles. The highest BCUT2D eigenvalue weighted by Gasteiger charge is 2.00. The fourth-order valence-corrected chi connectivity index (χ4v) is 0.955. The first kappa shape index (κ1) is 8.87. The molecule has 1 aromatic heterocycles. The Kier molecular flexibility index (Phi) is 2.94. The minimum atomic E-state index is 0.00736. The van der Waals surface area contributed by atoms with E-state index in [-0.39, 0.29) is 5.78 Å². The summed E-state index contributed by atoms with van der Waals surface area (Å²) in [6, 6.07) is 5.46. The third-order valence-corrected chi connectivity index (χ3v) is 1.53. The Hall–Kier alpha value is -1.22. The van der Waals surface area contributed by atoms with E-state index < -0.39 is 0 Å². The van der Waals surface area contributed by atoms with E-state index in [1.807, 2.05) is 19.2 Å². The van der Waals surface area contributed by atoms with Gasteiger partial charge in [0.1, 0.15) is 5.69 Å². The zero-order chi connectivity index (χ0) is 8.97. The van der Waals surface area contributed by atoms with Gasteiger partial charge in [-0.3, -0.25) is 4.79 Å². The highest BCUT2D eigenvalue weighted by Crippen LogP contribution is 1.99. The molecule has 0 aliphatic heterocycles. The highest BCUT2D eigenvalue weighted by molar-refractivity contribution is 5.92. The molecule has 1 aromatic rings. The van der Waals surface area contributed by atoms with E-state index in [1.165, 1.54) is 6.92 Å². The molecule has 0 aliphatic rings. The molecule has 0 fully saturated rings. The van der Waals surface area contributed by atoms with E-state index in [0.29, 0.717) is 12.2 Å². The quantitative estimate of drug-likeness (QED) is 0.678. The van der Waals surface area contributed by atoms with Crippen molar-refractivity contribution in [3.05, 3.63) is 29.6 Å². The lowest BCUT2D eigenvalue weighted by molar-refractivity contribution is 0.101. The SMILES string of the molecule is CNCc1cccc(C(C)=O)n1. The smallest absolute Gasteiger partial charge is 0.178 e. The van der Waals surface area contributed by atoms with Gasteiger partial charge in [0.15, 0.2) is 5.78 Å². The standard InChI is InChI=1S/C9H12N2O/c1-7(12)9-5-3-4-8(11-9)6-10-2/h3-5,10H,6H2,1-2H3. The summed E-state index contributed by atoms with van der Waals surface area (Å²) in [4.78, 5) is 15.1. The van der Waals surface area contributed by atoms with Crippen LogP contribution in [0.2, 0.25) is 0 Å². The summed E-state index contributed by atoms with van der Waals surface area (Å²) in [6.07, 6.45) is 0. The molecule has 0 bridgehead atoms. The van der Waals surface area contributed by atoms with Crippen LogP contribution in [0, 0.1) is 0 Å². The summed E-state index contributed by atoms with van der Waals surface area (Å²) in [6.45, 7) is 2.21. The van der Waals surface area contributed by atoms with Crippen molar-refractivity contribution in [3.8, 4) is 0 Å². The second-order valence-corrected chi connectivity index (χ2v) is 2.60. The Morgan fingerprint density at radius 2 is 2.33 bits per heavy atom. The molecule has 0 aliphatic carbocycles. The van der Waals surface area contributed by atoms with Gasteiger partial charge in [-0.1, -0.05) is 6.07 Å². The molecule has 0 unspecified atom stereocenters. The van der Waals surface area contributed by atoms with Crippen molar-refractivity contribution in [3.63, 3.8) is 0 Å². The fourth-order valence-electron chi connectivity index (χ4n) is 0.955. The maximum atomic E-state index is 10.9. The minimum absolute atomic E-state index is 0.00736. The first-order valence-electron chi connectivity index (χ1n) is 3.85. The van der Waals surface area contributed by atoms with Gasteiger partial charge in [0.25, 0.3) is 0 Å². The van der Waals surface area contributed by atoms with Crippen LogP contribution in [-0.2, 0) is 6.54 Å². The number of aromatic nitrogens is 1. The van der Waals surface area contributed by atoms with Gasteiger partial charge in [-0.2, -0.15) is 0 Å². The maximum absolute atomic E-state index is 10.9. The summed E-state index contributed by atoms with van der Waals surface area (Å²) < 4.78 is 0. The van der Waals surface area contributed by atoms with Crippen LogP contribution in [0.25, 0.3) is 0 Å². The van der Waals surface area contributed by atoms with Crippen LogP contribution in [0.5, 0.6) is 0 Å². The largest absolute Gasteiger partial charge is 0.314 e. The molecular formula is C9H12N2O.